The first kappa shape index (κ1) is 14.5. The smallest absolute Gasteiger partial charge is 0.265 e. The van der Waals surface area contributed by atoms with Crippen molar-refractivity contribution in [3.63, 3.8) is 0 Å². The lowest BCUT2D eigenvalue weighted by atomic mass is 10.3. The van der Waals surface area contributed by atoms with Crippen LogP contribution in [-0.2, 0) is 16.6 Å². The van der Waals surface area contributed by atoms with E-state index >= 15 is 0 Å². The molecule has 0 fully saturated rings. The lowest BCUT2D eigenvalue weighted by Crippen LogP contribution is -2.15. The minimum absolute atomic E-state index is 0.142. The second kappa shape index (κ2) is 6.02. The van der Waals surface area contributed by atoms with E-state index in [4.69, 9.17) is 0 Å². The fraction of sp³-hybridized carbons (Fsp3) is 0.333. The summed E-state index contributed by atoms with van der Waals surface area (Å²) >= 11 is 0. The number of nitrogens with one attached hydrogen (secondary N) is 2. The van der Waals surface area contributed by atoms with Crippen LogP contribution in [-0.4, -0.2) is 36.8 Å². The number of hydrogen-bond donors (Lipinski definition) is 2. The third-order valence-corrected chi connectivity index (χ3v) is 4.00. The molecule has 0 amide bonds. The minimum atomic E-state index is -3.62. The molecule has 8 heteroatoms. The fourth-order valence-corrected chi connectivity index (χ4v) is 2.66. The van der Waals surface area contributed by atoms with Crippen molar-refractivity contribution >= 4 is 15.7 Å². The van der Waals surface area contributed by atoms with Crippen LogP contribution >= 0.6 is 0 Å². The molecule has 20 heavy (non-hydrogen) atoms. The predicted molar refractivity (Wildman–Crippen MR) is 75.9 cm³/mol. The number of sulfonamides is 1. The largest absolute Gasteiger partial charge is 0.318 e. The van der Waals surface area contributed by atoms with Gasteiger partial charge in [0.05, 0.1) is 18.4 Å². The first-order valence-corrected chi connectivity index (χ1v) is 7.62. The van der Waals surface area contributed by atoms with Gasteiger partial charge in [0.25, 0.3) is 10.0 Å². The maximum atomic E-state index is 12.2. The third kappa shape index (κ3) is 3.55. The van der Waals surface area contributed by atoms with Gasteiger partial charge in [-0.25, -0.2) is 8.42 Å². The molecule has 0 atom stereocenters. The van der Waals surface area contributed by atoms with E-state index in [9.17, 15) is 8.42 Å². The van der Waals surface area contributed by atoms with Gasteiger partial charge in [-0.05, 0) is 26.1 Å². The molecule has 0 aliphatic rings. The van der Waals surface area contributed by atoms with E-state index in [1.165, 1.54) is 12.4 Å². The first-order chi connectivity index (χ1) is 9.51. The quantitative estimate of drug-likeness (QED) is 0.815. The molecule has 0 aliphatic carbocycles. The Bertz CT molecular complexity index is 681. The Morgan fingerprint density at radius 2 is 2.20 bits per heavy atom. The number of hydrogen-bond acceptors (Lipinski definition) is 5. The van der Waals surface area contributed by atoms with E-state index in [2.05, 4.69) is 20.1 Å². The van der Waals surface area contributed by atoms with Crippen molar-refractivity contribution in [3.8, 4) is 0 Å². The van der Waals surface area contributed by atoms with Crippen molar-refractivity contribution in [2.75, 3.05) is 18.3 Å². The summed E-state index contributed by atoms with van der Waals surface area (Å²) < 4.78 is 28.5. The molecule has 0 spiro atoms. The van der Waals surface area contributed by atoms with Crippen molar-refractivity contribution in [1.82, 2.24) is 20.1 Å². The zero-order valence-corrected chi connectivity index (χ0v) is 12.2. The zero-order chi connectivity index (χ0) is 14.6. The van der Waals surface area contributed by atoms with Crippen molar-refractivity contribution in [1.29, 1.82) is 0 Å². The monoisotopic (exact) mass is 295 g/mol. The highest BCUT2D eigenvalue weighted by molar-refractivity contribution is 7.92. The number of anilines is 1. The van der Waals surface area contributed by atoms with Crippen LogP contribution in [0.25, 0.3) is 0 Å². The highest BCUT2D eigenvalue weighted by atomic mass is 32.2. The Balaban J connectivity index is 2.16. The molecular weight excluding hydrogens is 278 g/mol. The van der Waals surface area contributed by atoms with E-state index in [1.54, 1.807) is 29.9 Å². The van der Waals surface area contributed by atoms with E-state index in [-0.39, 0.29) is 4.90 Å². The Hall–Kier alpha value is -1.93. The van der Waals surface area contributed by atoms with Crippen molar-refractivity contribution in [3.05, 3.63) is 36.4 Å². The molecule has 0 unspecified atom stereocenters. The van der Waals surface area contributed by atoms with Crippen LogP contribution in [0.3, 0.4) is 0 Å². The number of nitrogens with zero attached hydrogens (tertiary/aromatic N) is 3. The molecule has 0 aromatic carbocycles. The maximum absolute atomic E-state index is 12.2. The molecular formula is C12H17N5O2S. The summed E-state index contributed by atoms with van der Waals surface area (Å²) in [6.07, 6.45) is 4.41. The molecule has 0 aliphatic heterocycles. The number of rotatable bonds is 6. The van der Waals surface area contributed by atoms with E-state index in [1.807, 2.05) is 7.05 Å². The number of likely N-dealkylation sites (N-methyl/N-ethyl adjacent to an activating group) is 1. The molecule has 0 saturated carbocycles. The molecule has 108 valence electrons. The van der Waals surface area contributed by atoms with Crippen LogP contribution in [0.2, 0.25) is 0 Å². The van der Waals surface area contributed by atoms with Gasteiger partial charge in [0.15, 0.2) is 0 Å². The van der Waals surface area contributed by atoms with Crippen LogP contribution in [0.5, 0.6) is 0 Å². The average Bonchev–Trinajstić information content (AvgIpc) is 2.85. The zero-order valence-electron chi connectivity index (χ0n) is 11.4. The van der Waals surface area contributed by atoms with E-state index < -0.39 is 10.0 Å². The van der Waals surface area contributed by atoms with Gasteiger partial charge < -0.3 is 5.32 Å². The lowest BCUT2D eigenvalue weighted by molar-refractivity contribution is 0.582. The highest BCUT2D eigenvalue weighted by Crippen LogP contribution is 2.15. The molecule has 0 bridgehead atoms. The summed E-state index contributed by atoms with van der Waals surface area (Å²) in [6.45, 7) is 3.13. The predicted octanol–water partition coefficient (Wildman–Crippen LogP) is 0.607. The summed E-state index contributed by atoms with van der Waals surface area (Å²) in [6, 6.07) is 3.28. The molecule has 2 aromatic heterocycles. The normalized spacial score (nSPS) is 11.5. The van der Waals surface area contributed by atoms with Crippen molar-refractivity contribution in [2.24, 2.45) is 0 Å². The van der Waals surface area contributed by atoms with Crippen molar-refractivity contribution in [2.45, 2.75) is 18.4 Å². The Kier molecular flexibility index (Phi) is 4.35. The van der Waals surface area contributed by atoms with Crippen molar-refractivity contribution < 1.29 is 8.42 Å². The van der Waals surface area contributed by atoms with Gasteiger partial charge in [-0.2, -0.15) is 5.10 Å². The molecule has 2 rings (SSSR count). The average molecular weight is 295 g/mol. The topological polar surface area (TPSA) is 88.9 Å². The highest BCUT2D eigenvalue weighted by Gasteiger charge is 2.16. The van der Waals surface area contributed by atoms with Crippen LogP contribution in [0.1, 0.15) is 5.69 Å². The fourth-order valence-electron chi connectivity index (χ4n) is 1.66. The summed E-state index contributed by atoms with van der Waals surface area (Å²) in [4.78, 5) is 4.16. The van der Waals surface area contributed by atoms with E-state index in [0.29, 0.717) is 12.2 Å². The Morgan fingerprint density at radius 1 is 1.40 bits per heavy atom. The van der Waals surface area contributed by atoms with Gasteiger partial charge >= 0.3 is 0 Å². The number of aryl methyl sites for hydroxylation is 1. The van der Waals surface area contributed by atoms with Gasteiger partial charge in [-0.15, -0.1) is 0 Å². The lowest BCUT2D eigenvalue weighted by Gasteiger charge is -2.06. The second-order valence-electron chi connectivity index (χ2n) is 4.33. The summed E-state index contributed by atoms with van der Waals surface area (Å²) in [5.41, 5.74) is 1.23. The summed E-state index contributed by atoms with van der Waals surface area (Å²) in [5, 5.41) is 7.00. The van der Waals surface area contributed by atoms with Gasteiger partial charge in [-0.3, -0.25) is 14.4 Å². The Labute approximate surface area is 118 Å². The summed E-state index contributed by atoms with van der Waals surface area (Å²) in [7, 11) is -1.79. The Morgan fingerprint density at radius 3 is 2.90 bits per heavy atom. The standard InChI is InChI=1S/C12H17N5O2S/c1-10-7-11(3-4-14-10)16-20(18,19)12-8-15-17(9-12)6-5-13-2/h3-4,7-9,13H,5-6H2,1-2H3,(H,14,16). The molecule has 0 radical (unpaired) electrons. The minimum Gasteiger partial charge on any atom is -0.318 e. The number of aromatic nitrogens is 3. The third-order valence-electron chi connectivity index (χ3n) is 2.66. The second-order valence-corrected chi connectivity index (χ2v) is 6.02. The first-order valence-electron chi connectivity index (χ1n) is 6.14. The van der Waals surface area contributed by atoms with Crippen LogP contribution < -0.4 is 10.0 Å². The van der Waals surface area contributed by atoms with Crippen LogP contribution in [0, 0.1) is 6.92 Å². The molecule has 2 aromatic rings. The summed E-state index contributed by atoms with van der Waals surface area (Å²) in [5.74, 6) is 0. The molecule has 0 saturated heterocycles. The molecule has 2 N–H and O–H groups in total. The SMILES string of the molecule is CNCCn1cc(S(=O)(=O)Nc2ccnc(C)c2)cn1. The maximum Gasteiger partial charge on any atom is 0.265 e. The molecule has 7 nitrogen and oxygen atoms in total. The van der Waals surface area contributed by atoms with Crippen LogP contribution in [0.15, 0.2) is 35.6 Å². The van der Waals surface area contributed by atoms with Gasteiger partial charge in [0.1, 0.15) is 4.90 Å². The van der Waals surface area contributed by atoms with Crippen LogP contribution in [0.4, 0.5) is 5.69 Å². The van der Waals surface area contributed by atoms with E-state index in [0.717, 1.165) is 12.2 Å². The van der Waals surface area contributed by atoms with Gasteiger partial charge in [-0.1, -0.05) is 0 Å². The number of pyridine rings is 1. The van der Waals surface area contributed by atoms with Gasteiger partial charge in [0, 0.05) is 24.6 Å². The van der Waals surface area contributed by atoms with Gasteiger partial charge in [0.2, 0.25) is 0 Å². The molecule has 2 heterocycles.